The van der Waals surface area contributed by atoms with Crippen molar-refractivity contribution in [3.8, 4) is 0 Å². The predicted octanol–water partition coefficient (Wildman–Crippen LogP) is 4.06. The number of hydrogen-bond donors (Lipinski definition) is 1. The van der Waals surface area contributed by atoms with Crippen molar-refractivity contribution in [2.75, 3.05) is 20.6 Å². The normalized spacial score (nSPS) is 34.4. The highest BCUT2D eigenvalue weighted by molar-refractivity contribution is 4.95. The first-order chi connectivity index (χ1) is 9.53. The van der Waals surface area contributed by atoms with Crippen LogP contribution in [0, 0.1) is 11.8 Å². The zero-order valence-corrected chi connectivity index (χ0v) is 14.3. The molecule has 0 radical (unpaired) electrons. The summed E-state index contributed by atoms with van der Waals surface area (Å²) in [6.07, 6.45) is 12.8. The lowest BCUT2D eigenvalue weighted by atomic mass is 9.75. The molecule has 0 heterocycles. The van der Waals surface area contributed by atoms with Crippen LogP contribution >= 0.6 is 0 Å². The highest BCUT2D eigenvalue weighted by Crippen LogP contribution is 2.35. The van der Waals surface area contributed by atoms with Crippen LogP contribution in [0.3, 0.4) is 0 Å². The van der Waals surface area contributed by atoms with Crippen molar-refractivity contribution in [2.45, 2.75) is 83.2 Å². The molecule has 3 atom stereocenters. The van der Waals surface area contributed by atoms with Crippen LogP contribution < -0.4 is 5.32 Å². The summed E-state index contributed by atoms with van der Waals surface area (Å²) >= 11 is 0. The molecule has 2 heteroatoms. The van der Waals surface area contributed by atoms with Crippen molar-refractivity contribution in [2.24, 2.45) is 11.8 Å². The molecule has 2 aliphatic carbocycles. The zero-order chi connectivity index (χ0) is 14.6. The Morgan fingerprint density at radius 2 is 1.80 bits per heavy atom. The van der Waals surface area contributed by atoms with Gasteiger partial charge in [0.25, 0.3) is 0 Å². The minimum absolute atomic E-state index is 0.403. The van der Waals surface area contributed by atoms with Crippen LogP contribution in [-0.2, 0) is 0 Å². The lowest BCUT2D eigenvalue weighted by Crippen LogP contribution is -2.56. The molecule has 1 N–H and O–H groups in total. The molecule has 0 bridgehead atoms. The lowest BCUT2D eigenvalue weighted by molar-refractivity contribution is 0.0693. The highest BCUT2D eigenvalue weighted by Gasteiger charge is 2.37. The maximum atomic E-state index is 3.92. The second-order valence-electron chi connectivity index (χ2n) is 7.89. The number of nitrogens with zero attached hydrogens (tertiary/aromatic N) is 1. The number of likely N-dealkylation sites (N-methyl/N-ethyl adjacent to an activating group) is 1. The molecule has 0 aliphatic heterocycles. The Kier molecular flexibility index (Phi) is 5.92. The van der Waals surface area contributed by atoms with Crippen LogP contribution in [0.1, 0.15) is 71.6 Å². The van der Waals surface area contributed by atoms with E-state index in [9.17, 15) is 0 Å². The number of hydrogen-bond acceptors (Lipinski definition) is 2. The summed E-state index contributed by atoms with van der Waals surface area (Å²) in [5.74, 6) is 1.81. The van der Waals surface area contributed by atoms with Gasteiger partial charge in [0.1, 0.15) is 0 Å². The fourth-order valence-electron chi connectivity index (χ4n) is 4.51. The standard InChI is InChI=1S/C18H36N2/c1-15-9-8-12-18(13-15,20(3)4)14-19-16(2)17-10-6-5-7-11-17/h15-17,19H,5-14H2,1-4H3. The Labute approximate surface area is 126 Å². The third kappa shape index (κ3) is 3.98. The summed E-state index contributed by atoms with van der Waals surface area (Å²) in [6.45, 7) is 6.04. The van der Waals surface area contributed by atoms with E-state index in [-0.39, 0.29) is 0 Å². The van der Waals surface area contributed by atoms with Crippen LogP contribution in [0.5, 0.6) is 0 Å². The van der Waals surface area contributed by atoms with Crippen molar-refractivity contribution < 1.29 is 0 Å². The maximum Gasteiger partial charge on any atom is 0.0330 e. The Bertz CT molecular complexity index is 283. The van der Waals surface area contributed by atoms with Gasteiger partial charge in [-0.3, -0.25) is 0 Å². The van der Waals surface area contributed by atoms with Crippen LogP contribution in [0.15, 0.2) is 0 Å². The Balaban J connectivity index is 1.88. The van der Waals surface area contributed by atoms with Gasteiger partial charge in [0, 0.05) is 18.1 Å². The lowest BCUT2D eigenvalue weighted by Gasteiger charge is -2.46. The monoisotopic (exact) mass is 280 g/mol. The average molecular weight is 280 g/mol. The van der Waals surface area contributed by atoms with E-state index in [1.807, 2.05) is 0 Å². The van der Waals surface area contributed by atoms with E-state index in [0.717, 1.165) is 11.8 Å². The van der Waals surface area contributed by atoms with Crippen molar-refractivity contribution >= 4 is 0 Å². The molecule has 2 saturated carbocycles. The number of nitrogens with one attached hydrogen (secondary N) is 1. The van der Waals surface area contributed by atoms with E-state index in [2.05, 4.69) is 38.2 Å². The molecule has 0 amide bonds. The third-order valence-electron chi connectivity index (χ3n) is 6.13. The second kappa shape index (κ2) is 7.26. The minimum Gasteiger partial charge on any atom is -0.312 e. The molecule has 0 aromatic rings. The van der Waals surface area contributed by atoms with Crippen molar-refractivity contribution in [3.63, 3.8) is 0 Å². The Morgan fingerprint density at radius 1 is 1.10 bits per heavy atom. The van der Waals surface area contributed by atoms with Gasteiger partial charge in [0.2, 0.25) is 0 Å². The Hall–Kier alpha value is -0.0800. The van der Waals surface area contributed by atoms with Crippen LogP contribution in [0.4, 0.5) is 0 Å². The molecule has 2 nitrogen and oxygen atoms in total. The summed E-state index contributed by atoms with van der Waals surface area (Å²) < 4.78 is 0. The van der Waals surface area contributed by atoms with Crippen LogP contribution in [0.25, 0.3) is 0 Å². The highest BCUT2D eigenvalue weighted by atomic mass is 15.2. The molecule has 2 fully saturated rings. The summed E-state index contributed by atoms with van der Waals surface area (Å²) in [5, 5.41) is 3.92. The van der Waals surface area contributed by atoms with Gasteiger partial charge < -0.3 is 10.2 Å². The van der Waals surface area contributed by atoms with Crippen LogP contribution in [-0.4, -0.2) is 37.1 Å². The summed E-state index contributed by atoms with van der Waals surface area (Å²) in [6, 6.07) is 0.698. The van der Waals surface area contributed by atoms with E-state index in [0.29, 0.717) is 11.6 Å². The molecule has 118 valence electrons. The minimum atomic E-state index is 0.403. The van der Waals surface area contributed by atoms with Crippen LogP contribution in [0.2, 0.25) is 0 Å². The summed E-state index contributed by atoms with van der Waals surface area (Å²) in [5.41, 5.74) is 0.403. The van der Waals surface area contributed by atoms with Gasteiger partial charge in [-0.15, -0.1) is 0 Å². The van der Waals surface area contributed by atoms with Gasteiger partial charge in [0.15, 0.2) is 0 Å². The van der Waals surface area contributed by atoms with Crippen molar-refractivity contribution in [1.29, 1.82) is 0 Å². The first kappa shape index (κ1) is 16.3. The number of rotatable bonds is 5. The van der Waals surface area contributed by atoms with E-state index < -0.39 is 0 Å². The van der Waals surface area contributed by atoms with Crippen molar-refractivity contribution in [3.05, 3.63) is 0 Å². The maximum absolute atomic E-state index is 3.92. The van der Waals surface area contributed by atoms with Gasteiger partial charge >= 0.3 is 0 Å². The molecule has 0 aromatic heterocycles. The SMILES string of the molecule is CC1CCCC(CNC(C)C2CCCCC2)(N(C)C)C1. The first-order valence-electron chi connectivity index (χ1n) is 8.94. The van der Waals surface area contributed by atoms with Crippen molar-refractivity contribution in [1.82, 2.24) is 10.2 Å². The summed E-state index contributed by atoms with van der Waals surface area (Å²) in [7, 11) is 4.57. The molecular weight excluding hydrogens is 244 g/mol. The largest absolute Gasteiger partial charge is 0.312 e. The fourth-order valence-corrected chi connectivity index (χ4v) is 4.51. The molecule has 0 spiro atoms. The second-order valence-corrected chi connectivity index (χ2v) is 7.89. The summed E-state index contributed by atoms with van der Waals surface area (Å²) in [4.78, 5) is 2.50. The topological polar surface area (TPSA) is 15.3 Å². The van der Waals surface area contributed by atoms with E-state index in [1.54, 1.807) is 0 Å². The van der Waals surface area contributed by atoms with Gasteiger partial charge in [-0.1, -0.05) is 39.0 Å². The van der Waals surface area contributed by atoms with E-state index in [4.69, 9.17) is 0 Å². The fraction of sp³-hybridized carbons (Fsp3) is 1.00. The third-order valence-corrected chi connectivity index (χ3v) is 6.13. The molecule has 3 unspecified atom stereocenters. The first-order valence-corrected chi connectivity index (χ1v) is 8.94. The smallest absolute Gasteiger partial charge is 0.0330 e. The van der Waals surface area contributed by atoms with Gasteiger partial charge in [-0.25, -0.2) is 0 Å². The molecule has 2 aliphatic rings. The van der Waals surface area contributed by atoms with Gasteiger partial charge in [-0.2, -0.15) is 0 Å². The predicted molar refractivity (Wildman–Crippen MR) is 88.1 cm³/mol. The molecule has 20 heavy (non-hydrogen) atoms. The molecular formula is C18H36N2. The molecule has 2 rings (SSSR count). The average Bonchev–Trinajstić information content (AvgIpc) is 2.45. The molecule has 0 aromatic carbocycles. The molecule has 0 saturated heterocycles. The van der Waals surface area contributed by atoms with Gasteiger partial charge in [-0.05, 0) is 58.5 Å². The van der Waals surface area contributed by atoms with Gasteiger partial charge in [0.05, 0.1) is 0 Å². The van der Waals surface area contributed by atoms with E-state index in [1.165, 1.54) is 64.3 Å². The Morgan fingerprint density at radius 3 is 2.40 bits per heavy atom. The van der Waals surface area contributed by atoms with E-state index >= 15 is 0 Å². The zero-order valence-electron chi connectivity index (χ0n) is 14.3. The quantitative estimate of drug-likeness (QED) is 0.817.